The van der Waals surface area contributed by atoms with Gasteiger partial charge in [-0.2, -0.15) is 13.2 Å². The predicted molar refractivity (Wildman–Crippen MR) is 103 cm³/mol. The maximum Gasteiger partial charge on any atom is 0.417 e. The van der Waals surface area contributed by atoms with Crippen LogP contribution >= 0.6 is 0 Å². The zero-order valence-corrected chi connectivity index (χ0v) is 15.5. The maximum absolute atomic E-state index is 12.8. The topological polar surface area (TPSA) is 97.1 Å². The average Bonchev–Trinajstić information content (AvgIpc) is 3.16. The largest absolute Gasteiger partial charge is 0.417 e. The van der Waals surface area contributed by atoms with E-state index in [0.29, 0.717) is 22.8 Å². The first-order valence-electron chi connectivity index (χ1n) is 8.69. The van der Waals surface area contributed by atoms with E-state index < -0.39 is 11.7 Å². The number of halogens is 3. The summed E-state index contributed by atoms with van der Waals surface area (Å²) in [5.74, 6) is 0.654. The van der Waals surface area contributed by atoms with Gasteiger partial charge in [-0.05, 0) is 30.3 Å². The molecule has 0 aliphatic carbocycles. The highest BCUT2D eigenvalue weighted by Gasteiger charge is 2.30. The van der Waals surface area contributed by atoms with Crippen LogP contribution in [0.15, 0.2) is 55.0 Å². The van der Waals surface area contributed by atoms with E-state index in [1.54, 1.807) is 35.0 Å². The summed E-state index contributed by atoms with van der Waals surface area (Å²) in [6.07, 6.45) is -0.530. The number of aromatic nitrogens is 5. The zero-order chi connectivity index (χ0) is 21.3. The second-order valence-electron chi connectivity index (χ2n) is 6.29. The van der Waals surface area contributed by atoms with Crippen molar-refractivity contribution in [1.29, 1.82) is 0 Å². The number of alkyl halides is 3. The standard InChI is InChI=1S/C19H14F3N7O/c1-11(30)25-16-9-13(6-7-23-16)26-18-15-3-2-8-29(15)28-17(27-18)14-5-4-12(10-24-14)19(20,21)22/h2-10H,1H3,(H2,23,25,26,27,28,30). The summed E-state index contributed by atoms with van der Waals surface area (Å²) in [4.78, 5) is 23.6. The van der Waals surface area contributed by atoms with Crippen molar-refractivity contribution in [3.8, 4) is 11.5 Å². The van der Waals surface area contributed by atoms with Crippen LogP contribution in [0, 0.1) is 0 Å². The van der Waals surface area contributed by atoms with Gasteiger partial charge in [0.25, 0.3) is 0 Å². The number of fused-ring (bicyclic) bond motifs is 1. The molecule has 0 saturated heterocycles. The Morgan fingerprint density at radius 2 is 1.97 bits per heavy atom. The molecule has 4 rings (SSSR count). The first-order valence-corrected chi connectivity index (χ1v) is 8.69. The predicted octanol–water partition coefficient (Wildman–Crippen LogP) is 3.91. The van der Waals surface area contributed by atoms with Crippen molar-refractivity contribution in [3.05, 3.63) is 60.6 Å². The lowest BCUT2D eigenvalue weighted by Gasteiger charge is -2.11. The van der Waals surface area contributed by atoms with Gasteiger partial charge in [0.2, 0.25) is 11.7 Å². The number of nitrogens with zero attached hydrogens (tertiary/aromatic N) is 5. The lowest BCUT2D eigenvalue weighted by molar-refractivity contribution is -0.137. The molecular weight excluding hydrogens is 399 g/mol. The van der Waals surface area contributed by atoms with Gasteiger partial charge in [-0.25, -0.2) is 14.5 Å². The van der Waals surface area contributed by atoms with Crippen molar-refractivity contribution in [2.75, 3.05) is 10.6 Å². The molecule has 8 nitrogen and oxygen atoms in total. The molecule has 0 spiro atoms. The van der Waals surface area contributed by atoms with Crippen LogP contribution in [0.1, 0.15) is 12.5 Å². The molecule has 4 aromatic rings. The van der Waals surface area contributed by atoms with E-state index in [4.69, 9.17) is 0 Å². The Hall–Kier alpha value is -4.02. The highest BCUT2D eigenvalue weighted by atomic mass is 19.4. The fourth-order valence-electron chi connectivity index (χ4n) is 2.72. The lowest BCUT2D eigenvalue weighted by atomic mass is 10.2. The van der Waals surface area contributed by atoms with Crippen LogP contribution in [0.2, 0.25) is 0 Å². The number of hydrogen-bond donors (Lipinski definition) is 2. The molecule has 1 amide bonds. The van der Waals surface area contributed by atoms with Crippen molar-refractivity contribution in [2.45, 2.75) is 13.1 Å². The van der Waals surface area contributed by atoms with Crippen molar-refractivity contribution >= 4 is 28.7 Å². The molecule has 0 aromatic carbocycles. The Balaban J connectivity index is 1.71. The summed E-state index contributed by atoms with van der Waals surface area (Å²) in [6.45, 7) is 1.37. The molecule has 4 heterocycles. The van der Waals surface area contributed by atoms with Crippen LogP contribution in [-0.2, 0) is 11.0 Å². The third-order valence-corrected chi connectivity index (χ3v) is 4.04. The van der Waals surface area contributed by atoms with Gasteiger partial charge in [-0.15, -0.1) is 5.10 Å². The second-order valence-corrected chi connectivity index (χ2v) is 6.29. The molecule has 0 saturated carbocycles. The van der Waals surface area contributed by atoms with Gasteiger partial charge in [-0.1, -0.05) is 0 Å². The van der Waals surface area contributed by atoms with Crippen LogP contribution in [0.5, 0.6) is 0 Å². The zero-order valence-electron chi connectivity index (χ0n) is 15.5. The van der Waals surface area contributed by atoms with E-state index in [1.165, 1.54) is 19.2 Å². The van der Waals surface area contributed by atoms with E-state index in [9.17, 15) is 18.0 Å². The highest BCUT2D eigenvalue weighted by Crippen LogP contribution is 2.30. The number of anilines is 3. The van der Waals surface area contributed by atoms with E-state index >= 15 is 0 Å². The number of hydrogen-bond acceptors (Lipinski definition) is 6. The Morgan fingerprint density at radius 1 is 1.13 bits per heavy atom. The van der Waals surface area contributed by atoms with Crippen molar-refractivity contribution < 1.29 is 18.0 Å². The van der Waals surface area contributed by atoms with Gasteiger partial charge in [0.15, 0.2) is 5.82 Å². The smallest absolute Gasteiger partial charge is 0.338 e. The summed E-state index contributed by atoms with van der Waals surface area (Å²) >= 11 is 0. The average molecular weight is 413 g/mol. The minimum Gasteiger partial charge on any atom is -0.338 e. The molecule has 2 N–H and O–H groups in total. The normalized spacial score (nSPS) is 11.5. The number of carbonyl (C=O) groups excluding carboxylic acids is 1. The Morgan fingerprint density at radius 3 is 2.67 bits per heavy atom. The molecular formula is C19H14F3N7O. The van der Waals surface area contributed by atoms with Crippen LogP contribution in [0.4, 0.5) is 30.5 Å². The van der Waals surface area contributed by atoms with E-state index in [-0.39, 0.29) is 17.4 Å². The van der Waals surface area contributed by atoms with Crippen molar-refractivity contribution in [2.24, 2.45) is 0 Å². The van der Waals surface area contributed by atoms with Crippen molar-refractivity contribution in [3.63, 3.8) is 0 Å². The number of carbonyl (C=O) groups is 1. The second kappa shape index (κ2) is 7.43. The third kappa shape index (κ3) is 4.04. The van der Waals surface area contributed by atoms with Crippen LogP contribution in [-0.4, -0.2) is 30.5 Å². The molecule has 4 aromatic heterocycles. The molecule has 0 aliphatic heterocycles. The molecule has 0 unspecified atom stereocenters. The highest BCUT2D eigenvalue weighted by molar-refractivity contribution is 5.88. The van der Waals surface area contributed by atoms with Crippen LogP contribution in [0.25, 0.3) is 17.0 Å². The summed E-state index contributed by atoms with van der Waals surface area (Å²) in [6, 6.07) is 9.00. The summed E-state index contributed by atoms with van der Waals surface area (Å²) in [5.41, 5.74) is 0.578. The van der Waals surface area contributed by atoms with Gasteiger partial charge in [0.05, 0.1) is 5.56 Å². The molecule has 152 valence electrons. The summed E-state index contributed by atoms with van der Waals surface area (Å²) < 4.78 is 39.9. The molecule has 0 radical (unpaired) electrons. The molecule has 11 heteroatoms. The summed E-state index contributed by atoms with van der Waals surface area (Å²) in [5, 5.41) is 10.0. The van der Waals surface area contributed by atoms with Gasteiger partial charge < -0.3 is 10.6 Å². The number of rotatable bonds is 4. The first kappa shape index (κ1) is 19.3. The van der Waals surface area contributed by atoms with Gasteiger partial charge in [-0.3, -0.25) is 9.78 Å². The minimum absolute atomic E-state index is 0.145. The quantitative estimate of drug-likeness (QED) is 0.527. The molecule has 0 atom stereocenters. The number of nitrogens with one attached hydrogen (secondary N) is 2. The maximum atomic E-state index is 12.8. The summed E-state index contributed by atoms with van der Waals surface area (Å²) in [7, 11) is 0. The SMILES string of the molecule is CC(=O)Nc1cc(Nc2nc(-c3ccc(C(F)(F)F)cn3)nn3cccc23)ccn1. The Labute approximate surface area is 167 Å². The van der Waals surface area contributed by atoms with E-state index in [1.807, 2.05) is 0 Å². The monoisotopic (exact) mass is 413 g/mol. The van der Waals surface area contributed by atoms with Gasteiger partial charge >= 0.3 is 6.18 Å². The van der Waals surface area contributed by atoms with Gasteiger partial charge in [0, 0.05) is 37.3 Å². The number of pyridine rings is 2. The van der Waals surface area contributed by atoms with Crippen LogP contribution < -0.4 is 10.6 Å². The fraction of sp³-hybridized carbons (Fsp3) is 0.105. The lowest BCUT2D eigenvalue weighted by Crippen LogP contribution is -2.08. The van der Waals surface area contributed by atoms with E-state index in [0.717, 1.165) is 12.3 Å². The Kier molecular flexibility index (Phi) is 4.78. The molecule has 30 heavy (non-hydrogen) atoms. The first-order chi connectivity index (χ1) is 14.3. The molecule has 0 aliphatic rings. The Bertz CT molecular complexity index is 1220. The van der Waals surface area contributed by atoms with Crippen molar-refractivity contribution in [1.82, 2.24) is 24.6 Å². The third-order valence-electron chi connectivity index (χ3n) is 4.04. The fourth-order valence-corrected chi connectivity index (χ4v) is 2.72. The number of amides is 1. The van der Waals surface area contributed by atoms with Gasteiger partial charge in [0.1, 0.15) is 17.0 Å². The minimum atomic E-state index is -4.48. The molecule has 0 fully saturated rings. The molecule has 0 bridgehead atoms. The van der Waals surface area contributed by atoms with Crippen LogP contribution in [0.3, 0.4) is 0 Å². The van der Waals surface area contributed by atoms with E-state index in [2.05, 4.69) is 30.7 Å².